The summed E-state index contributed by atoms with van der Waals surface area (Å²) in [4.78, 5) is 23.4. The number of urea groups is 1. The number of primary amides is 1. The van der Waals surface area contributed by atoms with Gasteiger partial charge in [0, 0.05) is 6.42 Å². The van der Waals surface area contributed by atoms with Crippen molar-refractivity contribution >= 4 is 12.0 Å². The van der Waals surface area contributed by atoms with Crippen LogP contribution in [0, 0.1) is 6.92 Å². The van der Waals surface area contributed by atoms with E-state index in [2.05, 4.69) is 5.32 Å². The van der Waals surface area contributed by atoms with E-state index in [0.29, 0.717) is 6.42 Å². The zero-order chi connectivity index (χ0) is 16.7. The van der Waals surface area contributed by atoms with Crippen molar-refractivity contribution in [3.8, 4) is 0 Å². The topological polar surface area (TPSA) is 81.4 Å². The van der Waals surface area contributed by atoms with Crippen LogP contribution in [0.1, 0.15) is 16.7 Å². The first kappa shape index (κ1) is 16.5. The molecule has 2 aromatic rings. The van der Waals surface area contributed by atoms with E-state index in [1.54, 1.807) is 0 Å². The molecule has 0 saturated heterocycles. The molecule has 0 bridgehead atoms. The number of esters is 1. The maximum absolute atomic E-state index is 12.2. The maximum atomic E-state index is 12.2. The second kappa shape index (κ2) is 7.98. The molecule has 0 spiro atoms. The Balaban J connectivity index is 1.98. The first-order valence-corrected chi connectivity index (χ1v) is 7.36. The van der Waals surface area contributed by atoms with E-state index in [4.69, 9.17) is 10.5 Å². The molecule has 0 heterocycles. The number of ether oxygens (including phenoxy) is 1. The first-order chi connectivity index (χ1) is 11.0. The summed E-state index contributed by atoms with van der Waals surface area (Å²) < 4.78 is 5.29. The molecule has 0 saturated carbocycles. The van der Waals surface area contributed by atoms with Gasteiger partial charge in [-0.05, 0) is 18.1 Å². The van der Waals surface area contributed by atoms with Gasteiger partial charge in [0.1, 0.15) is 12.6 Å². The van der Waals surface area contributed by atoms with E-state index in [-0.39, 0.29) is 6.61 Å². The van der Waals surface area contributed by atoms with Gasteiger partial charge < -0.3 is 15.8 Å². The Bertz CT molecular complexity index is 654. The summed E-state index contributed by atoms with van der Waals surface area (Å²) in [6, 6.07) is 15.5. The summed E-state index contributed by atoms with van der Waals surface area (Å²) in [5, 5.41) is 2.44. The average molecular weight is 312 g/mol. The molecule has 2 rings (SSSR count). The van der Waals surface area contributed by atoms with Gasteiger partial charge >= 0.3 is 12.0 Å². The number of aryl methyl sites for hydroxylation is 1. The molecule has 0 aliphatic carbocycles. The summed E-state index contributed by atoms with van der Waals surface area (Å²) in [6.07, 6.45) is 0.330. The smallest absolute Gasteiger partial charge is 0.329 e. The lowest BCUT2D eigenvalue weighted by Gasteiger charge is -2.16. The second-order valence-electron chi connectivity index (χ2n) is 5.34. The van der Waals surface area contributed by atoms with Crippen LogP contribution >= 0.6 is 0 Å². The number of benzene rings is 2. The Morgan fingerprint density at radius 1 is 1.04 bits per heavy atom. The lowest BCUT2D eigenvalue weighted by molar-refractivity contribution is -0.147. The summed E-state index contributed by atoms with van der Waals surface area (Å²) in [5.41, 5.74) is 8.09. The molecular weight excluding hydrogens is 292 g/mol. The van der Waals surface area contributed by atoms with Crippen molar-refractivity contribution < 1.29 is 14.3 Å². The number of amides is 2. The molecule has 1 atom stereocenters. The predicted octanol–water partition coefficient (Wildman–Crippen LogP) is 2.32. The fourth-order valence-corrected chi connectivity index (χ4v) is 2.15. The van der Waals surface area contributed by atoms with Gasteiger partial charge in [-0.15, -0.1) is 0 Å². The van der Waals surface area contributed by atoms with Crippen LogP contribution in [0.5, 0.6) is 0 Å². The second-order valence-corrected chi connectivity index (χ2v) is 5.34. The van der Waals surface area contributed by atoms with Crippen molar-refractivity contribution in [3.05, 3.63) is 71.3 Å². The average Bonchev–Trinajstić information content (AvgIpc) is 2.54. The van der Waals surface area contributed by atoms with E-state index < -0.39 is 18.0 Å². The minimum atomic E-state index is -0.805. The maximum Gasteiger partial charge on any atom is 0.329 e. The fourth-order valence-electron chi connectivity index (χ4n) is 2.15. The van der Waals surface area contributed by atoms with E-state index in [1.807, 2.05) is 61.5 Å². The molecule has 0 aliphatic heterocycles. The number of carbonyl (C=O) groups excluding carboxylic acids is 2. The Labute approximate surface area is 135 Å². The highest BCUT2D eigenvalue weighted by atomic mass is 16.5. The Morgan fingerprint density at radius 3 is 2.30 bits per heavy atom. The summed E-state index contributed by atoms with van der Waals surface area (Å²) in [5.74, 6) is -0.506. The molecule has 23 heavy (non-hydrogen) atoms. The van der Waals surface area contributed by atoms with Gasteiger partial charge in [-0.1, -0.05) is 60.2 Å². The van der Waals surface area contributed by atoms with Crippen LogP contribution < -0.4 is 11.1 Å². The zero-order valence-electron chi connectivity index (χ0n) is 13.0. The third kappa shape index (κ3) is 5.47. The molecule has 5 nitrogen and oxygen atoms in total. The van der Waals surface area contributed by atoms with E-state index >= 15 is 0 Å². The van der Waals surface area contributed by atoms with E-state index in [9.17, 15) is 9.59 Å². The number of hydrogen-bond donors (Lipinski definition) is 2. The predicted molar refractivity (Wildman–Crippen MR) is 87.6 cm³/mol. The van der Waals surface area contributed by atoms with Crippen LogP contribution in [0.3, 0.4) is 0 Å². The summed E-state index contributed by atoms with van der Waals surface area (Å²) in [7, 11) is 0. The largest absolute Gasteiger partial charge is 0.459 e. The molecule has 0 radical (unpaired) electrons. The van der Waals surface area contributed by atoms with Crippen molar-refractivity contribution in [1.82, 2.24) is 5.32 Å². The van der Waals surface area contributed by atoms with Crippen molar-refractivity contribution in [3.63, 3.8) is 0 Å². The SMILES string of the molecule is Cc1ccc(COC(=O)[C@H](Cc2ccccc2)NC(N)=O)cc1. The summed E-state index contributed by atoms with van der Waals surface area (Å²) in [6.45, 7) is 2.15. The van der Waals surface area contributed by atoms with Crippen molar-refractivity contribution in [1.29, 1.82) is 0 Å². The number of nitrogens with two attached hydrogens (primary N) is 1. The van der Waals surface area contributed by atoms with Crippen LogP contribution in [-0.4, -0.2) is 18.0 Å². The normalized spacial score (nSPS) is 11.5. The fraction of sp³-hybridized carbons (Fsp3) is 0.222. The number of hydrogen-bond acceptors (Lipinski definition) is 3. The van der Waals surface area contributed by atoms with Gasteiger partial charge in [0.05, 0.1) is 0 Å². The summed E-state index contributed by atoms with van der Waals surface area (Å²) >= 11 is 0. The molecule has 2 aromatic carbocycles. The highest BCUT2D eigenvalue weighted by molar-refractivity contribution is 5.83. The van der Waals surface area contributed by atoms with Crippen LogP contribution in [0.2, 0.25) is 0 Å². The number of carbonyl (C=O) groups is 2. The first-order valence-electron chi connectivity index (χ1n) is 7.36. The molecule has 2 amide bonds. The standard InChI is InChI=1S/C18H20N2O3/c1-13-7-9-15(10-8-13)12-23-17(21)16(20-18(19)22)11-14-5-3-2-4-6-14/h2-10,16H,11-12H2,1H3,(H3,19,20,22)/t16-/m0/s1. The molecule has 3 N–H and O–H groups in total. The van der Waals surface area contributed by atoms with Gasteiger partial charge in [0.15, 0.2) is 0 Å². The molecule has 120 valence electrons. The van der Waals surface area contributed by atoms with E-state index in [1.165, 1.54) is 0 Å². The van der Waals surface area contributed by atoms with Crippen molar-refractivity contribution in [2.45, 2.75) is 26.0 Å². The van der Waals surface area contributed by atoms with Crippen LogP contribution in [0.15, 0.2) is 54.6 Å². The molecule has 0 unspecified atom stereocenters. The lowest BCUT2D eigenvalue weighted by Crippen LogP contribution is -2.45. The van der Waals surface area contributed by atoms with Gasteiger partial charge in [-0.25, -0.2) is 9.59 Å². The zero-order valence-corrected chi connectivity index (χ0v) is 13.0. The van der Waals surface area contributed by atoms with Gasteiger partial charge in [0.2, 0.25) is 0 Å². The Kier molecular flexibility index (Phi) is 5.74. The number of rotatable bonds is 6. The monoisotopic (exact) mass is 312 g/mol. The Morgan fingerprint density at radius 2 is 1.70 bits per heavy atom. The Hall–Kier alpha value is -2.82. The highest BCUT2D eigenvalue weighted by Crippen LogP contribution is 2.08. The third-order valence-electron chi connectivity index (χ3n) is 3.39. The molecular formula is C18H20N2O3. The minimum absolute atomic E-state index is 0.158. The minimum Gasteiger partial charge on any atom is -0.459 e. The van der Waals surface area contributed by atoms with E-state index in [0.717, 1.165) is 16.7 Å². The molecule has 0 aromatic heterocycles. The quantitative estimate of drug-likeness (QED) is 0.803. The van der Waals surface area contributed by atoms with Crippen LogP contribution in [-0.2, 0) is 22.6 Å². The molecule has 5 heteroatoms. The molecule has 0 aliphatic rings. The van der Waals surface area contributed by atoms with Crippen LogP contribution in [0.4, 0.5) is 4.79 Å². The third-order valence-corrected chi connectivity index (χ3v) is 3.39. The van der Waals surface area contributed by atoms with Crippen molar-refractivity contribution in [2.24, 2.45) is 5.73 Å². The van der Waals surface area contributed by atoms with Gasteiger partial charge in [-0.2, -0.15) is 0 Å². The van der Waals surface area contributed by atoms with Gasteiger partial charge in [0.25, 0.3) is 0 Å². The lowest BCUT2D eigenvalue weighted by atomic mass is 10.1. The van der Waals surface area contributed by atoms with Crippen molar-refractivity contribution in [2.75, 3.05) is 0 Å². The van der Waals surface area contributed by atoms with Crippen LogP contribution in [0.25, 0.3) is 0 Å². The highest BCUT2D eigenvalue weighted by Gasteiger charge is 2.21. The molecule has 0 fully saturated rings. The number of nitrogens with one attached hydrogen (secondary N) is 1. The van der Waals surface area contributed by atoms with Gasteiger partial charge in [-0.3, -0.25) is 0 Å².